The summed E-state index contributed by atoms with van der Waals surface area (Å²) < 4.78 is 10.0. The number of carboxylic acids is 1. The van der Waals surface area contributed by atoms with Crippen molar-refractivity contribution in [3.8, 4) is 0 Å². The third-order valence-corrected chi connectivity index (χ3v) is 2.56. The van der Waals surface area contributed by atoms with E-state index < -0.39 is 5.97 Å². The van der Waals surface area contributed by atoms with Crippen molar-refractivity contribution in [2.24, 2.45) is 5.92 Å². The number of carbonyl (C=O) groups excluding carboxylic acids is 1. The maximum Gasteiger partial charge on any atom is 0.329 e. The van der Waals surface area contributed by atoms with E-state index in [-0.39, 0.29) is 31.1 Å². The number of rotatable bonds is 7. The molecule has 0 saturated carbocycles. The molecule has 1 fully saturated rings. The van der Waals surface area contributed by atoms with Gasteiger partial charge >= 0.3 is 5.97 Å². The number of amides is 1. The fourth-order valence-electron chi connectivity index (χ4n) is 1.63. The summed E-state index contributed by atoms with van der Waals surface area (Å²) in [6.07, 6.45) is 0. The molecule has 0 spiro atoms. The Balaban J connectivity index is 2.14. The molecule has 1 aliphatic heterocycles. The number of carbonyl (C=O) groups is 2. The van der Waals surface area contributed by atoms with E-state index in [1.165, 1.54) is 0 Å². The van der Waals surface area contributed by atoms with Crippen LogP contribution in [0.25, 0.3) is 0 Å². The predicted octanol–water partition coefficient (Wildman–Crippen LogP) is -1.56. The van der Waals surface area contributed by atoms with Gasteiger partial charge in [0.25, 0.3) is 0 Å². The van der Waals surface area contributed by atoms with Crippen molar-refractivity contribution in [1.29, 1.82) is 0 Å². The van der Waals surface area contributed by atoms with Gasteiger partial charge in [0.1, 0.15) is 6.61 Å². The Labute approximate surface area is 99.5 Å². The standard InChI is InChI=1S/C10H18N2O5/c1-11-8-5-17-4-7(8)10(15)12-2-3-16-6-9(13)14/h7-8,11H,2-6H2,1H3,(H,12,15)(H,13,14). The van der Waals surface area contributed by atoms with Crippen LogP contribution in [-0.2, 0) is 19.1 Å². The Morgan fingerprint density at radius 2 is 2.24 bits per heavy atom. The summed E-state index contributed by atoms with van der Waals surface area (Å²) in [6, 6.07) is 0.0370. The lowest BCUT2D eigenvalue weighted by atomic mass is 10.0. The SMILES string of the molecule is CNC1COCC1C(=O)NCCOCC(=O)O. The number of ether oxygens (including phenoxy) is 2. The van der Waals surface area contributed by atoms with Gasteiger partial charge in [-0.05, 0) is 7.05 Å². The van der Waals surface area contributed by atoms with Crippen LogP contribution in [0.15, 0.2) is 0 Å². The minimum Gasteiger partial charge on any atom is -0.480 e. The largest absolute Gasteiger partial charge is 0.480 e. The number of nitrogens with one attached hydrogen (secondary N) is 2. The first-order valence-electron chi connectivity index (χ1n) is 5.47. The highest BCUT2D eigenvalue weighted by Gasteiger charge is 2.32. The molecule has 1 saturated heterocycles. The quantitative estimate of drug-likeness (QED) is 0.470. The van der Waals surface area contributed by atoms with Crippen LogP contribution in [0.1, 0.15) is 0 Å². The van der Waals surface area contributed by atoms with Gasteiger partial charge in [-0.25, -0.2) is 4.79 Å². The summed E-state index contributed by atoms with van der Waals surface area (Å²) in [4.78, 5) is 21.9. The van der Waals surface area contributed by atoms with Gasteiger partial charge in [-0.15, -0.1) is 0 Å². The molecular weight excluding hydrogens is 228 g/mol. The first-order valence-corrected chi connectivity index (χ1v) is 5.47. The number of hydrogen-bond acceptors (Lipinski definition) is 5. The monoisotopic (exact) mass is 246 g/mol. The van der Waals surface area contributed by atoms with E-state index in [0.29, 0.717) is 19.8 Å². The molecule has 0 aliphatic carbocycles. The fourth-order valence-corrected chi connectivity index (χ4v) is 1.63. The first kappa shape index (κ1) is 13.9. The molecule has 3 N–H and O–H groups in total. The Bertz CT molecular complexity index is 271. The third kappa shape index (κ3) is 4.68. The van der Waals surface area contributed by atoms with Gasteiger partial charge in [0.2, 0.25) is 5.91 Å². The predicted molar refractivity (Wildman–Crippen MR) is 58.6 cm³/mol. The Kier molecular flexibility index (Phi) is 5.88. The molecule has 0 radical (unpaired) electrons. The summed E-state index contributed by atoms with van der Waals surface area (Å²) >= 11 is 0. The van der Waals surface area contributed by atoms with Crippen LogP contribution in [-0.4, -0.2) is 63.0 Å². The fraction of sp³-hybridized carbons (Fsp3) is 0.800. The van der Waals surface area contributed by atoms with Gasteiger partial charge in [-0.2, -0.15) is 0 Å². The molecule has 1 amide bonds. The minimum absolute atomic E-state index is 0.0370. The normalized spacial score (nSPS) is 23.6. The van der Waals surface area contributed by atoms with E-state index >= 15 is 0 Å². The van der Waals surface area contributed by atoms with Gasteiger partial charge in [-0.3, -0.25) is 4.79 Å². The maximum atomic E-state index is 11.7. The molecule has 1 heterocycles. The van der Waals surface area contributed by atoms with Crippen molar-refractivity contribution < 1.29 is 24.2 Å². The summed E-state index contributed by atoms with van der Waals surface area (Å²) in [6.45, 7) is 1.09. The molecule has 17 heavy (non-hydrogen) atoms. The summed E-state index contributed by atoms with van der Waals surface area (Å²) in [5.74, 6) is -1.31. The Morgan fingerprint density at radius 1 is 1.47 bits per heavy atom. The lowest BCUT2D eigenvalue weighted by Gasteiger charge is -2.16. The van der Waals surface area contributed by atoms with E-state index in [4.69, 9.17) is 14.6 Å². The molecule has 7 heteroatoms. The van der Waals surface area contributed by atoms with E-state index in [1.54, 1.807) is 7.05 Å². The molecule has 0 bridgehead atoms. The third-order valence-electron chi connectivity index (χ3n) is 2.56. The van der Waals surface area contributed by atoms with Crippen LogP contribution in [0, 0.1) is 5.92 Å². The second kappa shape index (κ2) is 7.21. The van der Waals surface area contributed by atoms with Crippen LogP contribution < -0.4 is 10.6 Å². The van der Waals surface area contributed by atoms with Gasteiger partial charge in [0.05, 0.1) is 25.7 Å². The van der Waals surface area contributed by atoms with Crippen LogP contribution in [0.5, 0.6) is 0 Å². The van der Waals surface area contributed by atoms with Crippen molar-refractivity contribution in [1.82, 2.24) is 10.6 Å². The van der Waals surface area contributed by atoms with Crippen molar-refractivity contribution >= 4 is 11.9 Å². The highest BCUT2D eigenvalue weighted by molar-refractivity contribution is 5.79. The molecule has 0 aromatic rings. The summed E-state index contributed by atoms with van der Waals surface area (Å²) in [5, 5.41) is 14.0. The molecule has 1 rings (SSSR count). The Hall–Kier alpha value is -1.18. The highest BCUT2D eigenvalue weighted by Crippen LogP contribution is 2.12. The van der Waals surface area contributed by atoms with Gasteiger partial charge in [0.15, 0.2) is 0 Å². The zero-order valence-corrected chi connectivity index (χ0v) is 9.77. The van der Waals surface area contributed by atoms with E-state index in [9.17, 15) is 9.59 Å². The summed E-state index contributed by atoms with van der Waals surface area (Å²) in [5.41, 5.74) is 0. The highest BCUT2D eigenvalue weighted by atomic mass is 16.5. The zero-order chi connectivity index (χ0) is 12.7. The average molecular weight is 246 g/mol. The molecule has 7 nitrogen and oxygen atoms in total. The van der Waals surface area contributed by atoms with Crippen molar-refractivity contribution in [2.45, 2.75) is 6.04 Å². The topological polar surface area (TPSA) is 96.9 Å². The van der Waals surface area contributed by atoms with Crippen LogP contribution in [0.2, 0.25) is 0 Å². The second-order valence-electron chi connectivity index (χ2n) is 3.78. The zero-order valence-electron chi connectivity index (χ0n) is 9.77. The van der Waals surface area contributed by atoms with E-state index in [1.807, 2.05) is 0 Å². The molecular formula is C10H18N2O5. The minimum atomic E-state index is -1.02. The van der Waals surface area contributed by atoms with Crippen LogP contribution in [0.4, 0.5) is 0 Å². The lowest BCUT2D eigenvalue weighted by Crippen LogP contribution is -2.43. The van der Waals surface area contributed by atoms with Crippen molar-refractivity contribution in [2.75, 3.05) is 40.0 Å². The number of aliphatic carboxylic acids is 1. The molecule has 2 unspecified atom stereocenters. The van der Waals surface area contributed by atoms with Gasteiger partial charge in [0, 0.05) is 12.6 Å². The summed E-state index contributed by atoms with van der Waals surface area (Å²) in [7, 11) is 1.79. The van der Waals surface area contributed by atoms with E-state index in [2.05, 4.69) is 10.6 Å². The van der Waals surface area contributed by atoms with Crippen molar-refractivity contribution in [3.05, 3.63) is 0 Å². The first-order chi connectivity index (χ1) is 8.15. The second-order valence-corrected chi connectivity index (χ2v) is 3.78. The van der Waals surface area contributed by atoms with Crippen molar-refractivity contribution in [3.63, 3.8) is 0 Å². The number of hydrogen-bond donors (Lipinski definition) is 3. The molecule has 0 aromatic carbocycles. The smallest absolute Gasteiger partial charge is 0.329 e. The number of carboxylic acid groups (broad SMARTS) is 1. The molecule has 0 aromatic heterocycles. The van der Waals surface area contributed by atoms with Crippen LogP contribution >= 0.6 is 0 Å². The number of likely N-dealkylation sites (N-methyl/N-ethyl adjacent to an activating group) is 1. The van der Waals surface area contributed by atoms with E-state index in [0.717, 1.165) is 0 Å². The molecule has 1 aliphatic rings. The maximum absolute atomic E-state index is 11.7. The Morgan fingerprint density at radius 3 is 2.88 bits per heavy atom. The van der Waals surface area contributed by atoms with Crippen LogP contribution in [0.3, 0.4) is 0 Å². The van der Waals surface area contributed by atoms with Gasteiger partial charge < -0.3 is 25.2 Å². The average Bonchev–Trinajstić information content (AvgIpc) is 2.75. The molecule has 98 valence electrons. The lowest BCUT2D eigenvalue weighted by molar-refractivity contribution is -0.142. The van der Waals surface area contributed by atoms with Gasteiger partial charge in [-0.1, -0.05) is 0 Å². The molecule has 2 atom stereocenters.